The van der Waals surface area contributed by atoms with Crippen LogP contribution >= 0.6 is 68.0 Å². The number of fused-ring (bicyclic) bond motifs is 15. The molecule has 6 amide bonds. The molecule has 6 atom stereocenters. The van der Waals surface area contributed by atoms with Crippen LogP contribution < -0.4 is 26.6 Å². The van der Waals surface area contributed by atoms with Crippen molar-refractivity contribution in [3.8, 4) is 43.4 Å². The van der Waals surface area contributed by atoms with Gasteiger partial charge in [0.2, 0.25) is 23.6 Å². The normalized spacial score (nSPS) is 19.6. The Morgan fingerprint density at radius 3 is 2.26 bits per heavy atom. The number of nitrogens with zero attached hydrogens (tertiary/aromatic N) is 8. The van der Waals surface area contributed by atoms with Crippen molar-refractivity contribution in [3.05, 3.63) is 117 Å². The van der Waals surface area contributed by atoms with E-state index in [2.05, 4.69) is 31.6 Å². The molecule has 3 aliphatic heterocycles. The second-order valence-corrected chi connectivity index (χ2v) is 26.6. The van der Waals surface area contributed by atoms with E-state index in [9.17, 15) is 43.5 Å². The number of pyridine rings is 1. The van der Waals surface area contributed by atoms with Crippen molar-refractivity contribution in [2.24, 2.45) is 5.92 Å². The van der Waals surface area contributed by atoms with E-state index in [4.69, 9.17) is 39.4 Å². The zero-order valence-electron chi connectivity index (χ0n) is 47.1. The Kier molecular flexibility index (Phi) is 18.3. The number of piperazine rings is 1. The summed E-state index contributed by atoms with van der Waals surface area (Å²) in [5.74, 6) is -4.68. The molecule has 0 radical (unpaired) electrons. The first kappa shape index (κ1) is 60.7. The molecule has 0 saturated carbocycles. The van der Waals surface area contributed by atoms with Gasteiger partial charge < -0.3 is 46.1 Å². The van der Waals surface area contributed by atoms with Crippen LogP contribution in [0.2, 0.25) is 0 Å². The molecule has 6 N–H and O–H groups in total. The summed E-state index contributed by atoms with van der Waals surface area (Å²) in [6.45, 7) is 5.19. The van der Waals surface area contributed by atoms with Gasteiger partial charge in [-0.05, 0) is 43.4 Å². The van der Waals surface area contributed by atoms with Crippen molar-refractivity contribution >= 4 is 115 Å². The first-order valence-corrected chi connectivity index (χ1v) is 32.5. The molecular formula is C57H55N13O11S6. The maximum atomic E-state index is 14.4. The van der Waals surface area contributed by atoms with Crippen LogP contribution in [0.15, 0.2) is 64.0 Å². The first-order valence-electron chi connectivity index (χ1n) is 27.4. The average Bonchev–Trinajstić information content (AvgIpc) is 2.79. The Labute approximate surface area is 520 Å². The molecule has 3 aliphatic rings. The molecule has 0 spiro atoms. The maximum Gasteiger partial charge on any atom is 0.357 e. The van der Waals surface area contributed by atoms with E-state index < -0.39 is 72.3 Å². The van der Waals surface area contributed by atoms with Crippen LogP contribution in [0, 0.1) is 12.8 Å². The molecule has 1 aromatic carbocycles. The van der Waals surface area contributed by atoms with Crippen LogP contribution in [0.1, 0.15) is 136 Å². The van der Waals surface area contributed by atoms with Crippen molar-refractivity contribution in [1.82, 2.24) is 66.4 Å². The minimum absolute atomic E-state index is 0.00992. The standard InChI is InChI=1S/C57H55N13O11S6/c1-25(2)29-16-38(71)42-26(3)86-54(68-42)31(17-40(72)58-4)61-47(75)34-22-82-50(64-34)28-13-14-30(52-66-36(24-84-52)57(79)81-19-32-56(78)70-15-9-12-37(70)48(76)62-32)60-43(28)33-21-83-53(63-33)35-23-85-55(65-35)45(46(74)27-10-7-6-8-11-27)67-41(73)18-59-49(77)44-39(20-80-5)87-51(29)69-44/h6-8,10-11,13-14,21-25,29,31-32,37,45-46,74H,9,12,15-20H2,1-5H3,(H,58,72)(H,59,77)(H,61,75)(H,62,76)(H,67,73)/t29-,31+,32?,37?,45+,46+/m1/s1. The van der Waals surface area contributed by atoms with Crippen LogP contribution in [0.4, 0.5) is 0 Å². The fraction of sp³-hybridized carbons (Fsp3) is 0.351. The third-order valence-electron chi connectivity index (χ3n) is 14.6. The molecular weight excluding hydrogens is 1240 g/mol. The number of hydrogen-bond donors (Lipinski definition) is 6. The number of methoxy groups -OCH3 is 1. The lowest BCUT2D eigenvalue weighted by Gasteiger charge is -2.34. The minimum Gasteiger partial charge on any atom is -0.458 e. The summed E-state index contributed by atoms with van der Waals surface area (Å²) in [5.41, 5.74) is 2.51. The van der Waals surface area contributed by atoms with E-state index in [0.717, 1.165) is 22.7 Å². The summed E-state index contributed by atoms with van der Waals surface area (Å²) in [4.78, 5) is 145. The molecule has 2 fully saturated rings. The topological polar surface area (TPSA) is 329 Å². The van der Waals surface area contributed by atoms with E-state index in [1.165, 1.54) is 69.8 Å². The number of carbonyl (C=O) groups excluding carboxylic acids is 8. The number of aryl methyl sites for hydroxylation is 1. The molecule has 30 heteroatoms. The zero-order chi connectivity index (χ0) is 61.2. The third-order valence-corrected chi connectivity index (χ3v) is 20.4. The monoisotopic (exact) mass is 1290 g/mol. The fourth-order valence-electron chi connectivity index (χ4n) is 10.1. The highest BCUT2D eigenvalue weighted by atomic mass is 32.1. The number of rotatable bonds is 11. The van der Waals surface area contributed by atoms with Gasteiger partial charge in [-0.1, -0.05) is 44.2 Å². The molecule has 10 heterocycles. The lowest BCUT2D eigenvalue weighted by molar-refractivity contribution is -0.148. The van der Waals surface area contributed by atoms with Crippen LogP contribution in [-0.2, 0) is 35.3 Å². The number of esters is 1. The second kappa shape index (κ2) is 26.2. The number of hydrogen-bond acceptors (Lipinski definition) is 24. The van der Waals surface area contributed by atoms with E-state index in [1.54, 1.807) is 65.5 Å². The van der Waals surface area contributed by atoms with Gasteiger partial charge in [-0.3, -0.25) is 33.6 Å². The molecule has 11 rings (SSSR count). The number of ether oxygens (including phenoxy) is 2. The van der Waals surface area contributed by atoms with Gasteiger partial charge in [0, 0.05) is 65.0 Å². The number of aromatic nitrogens is 7. The first-order chi connectivity index (χ1) is 41.9. The summed E-state index contributed by atoms with van der Waals surface area (Å²) in [6, 6.07) is 8.53. The number of amides is 6. The van der Waals surface area contributed by atoms with E-state index >= 15 is 0 Å². The number of Topliss-reactive ketones (excluding diaryl/α,β-unsaturated/α-hetero) is 1. The number of ketones is 1. The van der Waals surface area contributed by atoms with Gasteiger partial charge in [0.25, 0.3) is 11.8 Å². The molecule has 2 saturated heterocycles. The number of nitrogens with one attached hydrogen (secondary N) is 5. The summed E-state index contributed by atoms with van der Waals surface area (Å²) < 4.78 is 11.0. The van der Waals surface area contributed by atoms with Crippen molar-refractivity contribution in [1.29, 1.82) is 0 Å². The van der Waals surface area contributed by atoms with E-state index in [0.29, 0.717) is 93.1 Å². The van der Waals surface area contributed by atoms with Crippen LogP contribution in [0.3, 0.4) is 0 Å². The predicted molar refractivity (Wildman–Crippen MR) is 325 cm³/mol. The molecule has 87 heavy (non-hydrogen) atoms. The molecule has 450 valence electrons. The largest absolute Gasteiger partial charge is 0.458 e. The number of carbonyl (C=O) groups is 8. The molecule has 7 aromatic heterocycles. The summed E-state index contributed by atoms with van der Waals surface area (Å²) in [7, 11) is 2.95. The molecule has 10 bridgehead atoms. The summed E-state index contributed by atoms with van der Waals surface area (Å²) in [5, 5.41) is 34.5. The predicted octanol–water partition coefficient (Wildman–Crippen LogP) is 6.84. The van der Waals surface area contributed by atoms with Gasteiger partial charge >= 0.3 is 5.97 Å². The summed E-state index contributed by atoms with van der Waals surface area (Å²) in [6.07, 6.45) is -0.273. The van der Waals surface area contributed by atoms with Crippen LogP contribution in [0.5, 0.6) is 0 Å². The van der Waals surface area contributed by atoms with Crippen LogP contribution in [-0.4, -0.2) is 138 Å². The van der Waals surface area contributed by atoms with Gasteiger partial charge in [-0.15, -0.1) is 68.0 Å². The van der Waals surface area contributed by atoms with E-state index in [-0.39, 0.29) is 72.3 Å². The average molecular weight is 1290 g/mol. The Balaban J connectivity index is 0.954. The Hall–Kier alpha value is -7.97. The van der Waals surface area contributed by atoms with Crippen molar-refractivity contribution in [3.63, 3.8) is 0 Å². The Morgan fingerprint density at radius 2 is 1.48 bits per heavy atom. The fourth-order valence-corrected chi connectivity index (χ4v) is 15.7. The molecule has 2 unspecified atom stereocenters. The van der Waals surface area contributed by atoms with Crippen molar-refractivity contribution in [2.45, 2.75) is 89.3 Å². The quantitative estimate of drug-likeness (QED) is 0.0721. The highest BCUT2D eigenvalue weighted by molar-refractivity contribution is 7.15. The minimum atomic E-state index is -1.29. The van der Waals surface area contributed by atoms with Crippen molar-refractivity contribution < 1.29 is 52.9 Å². The van der Waals surface area contributed by atoms with Gasteiger partial charge in [0.15, 0.2) is 11.5 Å². The SMILES string of the molecule is CNC(=O)C[C@@H]1NC(=O)c2csc(n2)-c2ccc(-c3nc(C(=O)OCC4NC(=O)C5CCCN5C4=O)cs3)nc2-c2csc(n2)-c2csc(n2)[C@H]([C@@H](O)c2ccccc2)NC(=O)CNC(=O)c2nc(sc2COC)[C@@H](C(C)C)CC(=O)c2nc1sc2C. The smallest absolute Gasteiger partial charge is 0.357 e. The Morgan fingerprint density at radius 1 is 0.747 bits per heavy atom. The summed E-state index contributed by atoms with van der Waals surface area (Å²) >= 11 is 7.08. The lowest BCUT2D eigenvalue weighted by Crippen LogP contribution is -2.62. The van der Waals surface area contributed by atoms with Gasteiger partial charge in [-0.25, -0.2) is 39.7 Å². The third kappa shape index (κ3) is 13.0. The van der Waals surface area contributed by atoms with Gasteiger partial charge in [0.1, 0.15) is 90.0 Å². The van der Waals surface area contributed by atoms with Crippen LogP contribution in [0.25, 0.3) is 43.4 Å². The second-order valence-electron chi connectivity index (χ2n) is 20.8. The van der Waals surface area contributed by atoms with Gasteiger partial charge in [-0.2, -0.15) is 0 Å². The number of benzene rings is 1. The zero-order valence-corrected chi connectivity index (χ0v) is 52.0. The molecule has 0 aliphatic carbocycles. The number of aliphatic hydroxyl groups is 1. The molecule has 8 aromatic rings. The van der Waals surface area contributed by atoms with Gasteiger partial charge in [0.05, 0.1) is 41.2 Å². The highest BCUT2D eigenvalue weighted by Crippen LogP contribution is 2.41. The maximum absolute atomic E-state index is 14.4. The van der Waals surface area contributed by atoms with Crippen molar-refractivity contribution in [2.75, 3.05) is 33.9 Å². The number of thiazole rings is 6. The lowest BCUT2D eigenvalue weighted by atomic mass is 9.90. The van der Waals surface area contributed by atoms with E-state index in [1.807, 2.05) is 13.8 Å². The number of aliphatic hydroxyl groups excluding tert-OH is 1. The Bertz CT molecular complexity index is 3960. The highest BCUT2D eigenvalue weighted by Gasteiger charge is 2.44. The molecule has 24 nitrogen and oxygen atoms in total.